The second kappa shape index (κ2) is 10.8. The third-order valence-corrected chi connectivity index (χ3v) is 7.02. The van der Waals surface area contributed by atoms with E-state index in [2.05, 4.69) is 69.3 Å². The van der Waals surface area contributed by atoms with Crippen molar-refractivity contribution in [3.63, 3.8) is 0 Å². The third-order valence-electron chi connectivity index (χ3n) is 7.02. The van der Waals surface area contributed by atoms with Crippen molar-refractivity contribution in [3.8, 4) is 11.1 Å². The predicted octanol–water partition coefficient (Wildman–Crippen LogP) is 8.80. The summed E-state index contributed by atoms with van der Waals surface area (Å²) >= 11 is 0. The van der Waals surface area contributed by atoms with E-state index in [9.17, 15) is 0 Å². The van der Waals surface area contributed by atoms with Gasteiger partial charge in [-0.15, -0.1) is 0 Å². The molecule has 1 unspecified atom stereocenters. The summed E-state index contributed by atoms with van der Waals surface area (Å²) in [6.07, 6.45) is 13.5. The molecule has 28 heavy (non-hydrogen) atoms. The summed E-state index contributed by atoms with van der Waals surface area (Å²) in [5, 5.41) is 0. The number of aryl methyl sites for hydroxylation is 1. The minimum atomic E-state index is 0.781. The summed E-state index contributed by atoms with van der Waals surface area (Å²) in [6.45, 7) is 7.02. The highest BCUT2D eigenvalue weighted by Gasteiger charge is 2.23. The molecule has 1 atom stereocenters. The van der Waals surface area contributed by atoms with Gasteiger partial charge in [-0.3, -0.25) is 0 Å². The summed E-state index contributed by atoms with van der Waals surface area (Å²) in [4.78, 5) is 0. The minimum Gasteiger partial charge on any atom is -0.0654 e. The smallest absolute Gasteiger partial charge is 0.0162 e. The first-order chi connectivity index (χ1) is 13.7. The van der Waals surface area contributed by atoms with Gasteiger partial charge in [0.25, 0.3) is 0 Å². The van der Waals surface area contributed by atoms with Crippen molar-refractivity contribution in [2.45, 2.75) is 90.9 Å². The van der Waals surface area contributed by atoms with E-state index < -0.39 is 0 Å². The minimum absolute atomic E-state index is 0.781. The first-order valence-corrected chi connectivity index (χ1v) is 11.9. The number of rotatable bonds is 9. The zero-order valence-corrected chi connectivity index (χ0v) is 18.4. The van der Waals surface area contributed by atoms with Crippen LogP contribution in [-0.4, -0.2) is 0 Å². The van der Waals surface area contributed by atoms with Gasteiger partial charge in [-0.2, -0.15) is 0 Å². The normalized spacial score (nSPS) is 20.8. The number of benzene rings is 2. The molecule has 3 rings (SSSR count). The molecule has 0 bridgehead atoms. The van der Waals surface area contributed by atoms with Gasteiger partial charge in [-0.25, -0.2) is 0 Å². The van der Waals surface area contributed by atoms with Crippen LogP contribution in [0, 0.1) is 11.8 Å². The molecule has 0 aromatic heterocycles. The second-order valence-electron chi connectivity index (χ2n) is 9.24. The molecule has 1 aliphatic carbocycles. The van der Waals surface area contributed by atoms with Crippen molar-refractivity contribution in [2.75, 3.05) is 0 Å². The molecule has 152 valence electrons. The van der Waals surface area contributed by atoms with E-state index in [1.54, 1.807) is 5.56 Å². The van der Waals surface area contributed by atoms with Gasteiger partial charge in [0, 0.05) is 0 Å². The zero-order valence-electron chi connectivity index (χ0n) is 18.4. The molecule has 0 heteroatoms. The van der Waals surface area contributed by atoms with Crippen molar-refractivity contribution in [1.82, 2.24) is 0 Å². The summed E-state index contributed by atoms with van der Waals surface area (Å²) < 4.78 is 0. The van der Waals surface area contributed by atoms with Crippen LogP contribution in [0.15, 0.2) is 48.5 Å². The van der Waals surface area contributed by atoms with Crippen LogP contribution < -0.4 is 0 Å². The Morgan fingerprint density at radius 2 is 1.39 bits per heavy atom. The van der Waals surface area contributed by atoms with Crippen LogP contribution in [0.2, 0.25) is 0 Å². The van der Waals surface area contributed by atoms with Crippen LogP contribution in [0.5, 0.6) is 0 Å². The molecule has 1 saturated carbocycles. The van der Waals surface area contributed by atoms with Crippen molar-refractivity contribution in [3.05, 3.63) is 59.7 Å². The van der Waals surface area contributed by atoms with Gasteiger partial charge in [0.1, 0.15) is 0 Å². The average Bonchev–Trinajstić information content (AvgIpc) is 2.75. The average molecular weight is 377 g/mol. The summed E-state index contributed by atoms with van der Waals surface area (Å²) in [7, 11) is 0. The number of unbranched alkanes of at least 4 members (excludes halogenated alkanes) is 2. The molecule has 0 N–H and O–H groups in total. The molecular formula is C28H40. The maximum absolute atomic E-state index is 2.42. The summed E-state index contributed by atoms with van der Waals surface area (Å²) in [5.74, 6) is 2.66. The van der Waals surface area contributed by atoms with Crippen molar-refractivity contribution >= 4 is 0 Å². The topological polar surface area (TPSA) is 0 Å². The van der Waals surface area contributed by atoms with Gasteiger partial charge >= 0.3 is 0 Å². The fraction of sp³-hybridized carbons (Fsp3) is 0.571. The first-order valence-electron chi connectivity index (χ1n) is 11.9. The first kappa shape index (κ1) is 21.2. The van der Waals surface area contributed by atoms with Crippen LogP contribution in [-0.2, 0) is 6.42 Å². The fourth-order valence-electron chi connectivity index (χ4n) is 4.86. The Morgan fingerprint density at radius 1 is 0.786 bits per heavy atom. The summed E-state index contributed by atoms with van der Waals surface area (Å²) in [6, 6.07) is 18.7. The highest BCUT2D eigenvalue weighted by atomic mass is 14.3. The highest BCUT2D eigenvalue weighted by Crippen LogP contribution is 2.39. The lowest BCUT2D eigenvalue weighted by Gasteiger charge is -2.30. The lowest BCUT2D eigenvalue weighted by molar-refractivity contribution is 0.273. The molecule has 1 fully saturated rings. The van der Waals surface area contributed by atoms with Crippen molar-refractivity contribution < 1.29 is 0 Å². The Kier molecular flexibility index (Phi) is 8.19. The molecule has 0 aliphatic heterocycles. The largest absolute Gasteiger partial charge is 0.0654 e. The zero-order chi connectivity index (χ0) is 19.8. The lowest BCUT2D eigenvalue weighted by atomic mass is 9.75. The van der Waals surface area contributed by atoms with Crippen molar-refractivity contribution in [2.24, 2.45) is 11.8 Å². The van der Waals surface area contributed by atoms with Gasteiger partial charge in [-0.05, 0) is 85.0 Å². The lowest BCUT2D eigenvalue weighted by Crippen LogP contribution is -2.15. The Morgan fingerprint density at radius 3 is 1.96 bits per heavy atom. The quantitative estimate of drug-likeness (QED) is 0.383. The van der Waals surface area contributed by atoms with Gasteiger partial charge in [-0.1, -0.05) is 88.6 Å². The van der Waals surface area contributed by atoms with Crippen LogP contribution >= 0.6 is 0 Å². The van der Waals surface area contributed by atoms with E-state index in [0.717, 1.165) is 17.8 Å². The van der Waals surface area contributed by atoms with E-state index in [1.807, 2.05) is 0 Å². The Hall–Kier alpha value is -1.56. The Bertz CT molecular complexity index is 671. The van der Waals surface area contributed by atoms with Crippen LogP contribution in [0.25, 0.3) is 11.1 Å². The van der Waals surface area contributed by atoms with Gasteiger partial charge in [0.2, 0.25) is 0 Å². The van der Waals surface area contributed by atoms with Crippen LogP contribution in [0.1, 0.15) is 95.6 Å². The van der Waals surface area contributed by atoms with E-state index in [4.69, 9.17) is 0 Å². The Labute approximate surface area is 173 Å². The third kappa shape index (κ3) is 5.97. The molecule has 0 radical (unpaired) electrons. The monoisotopic (exact) mass is 376 g/mol. The predicted molar refractivity (Wildman–Crippen MR) is 124 cm³/mol. The van der Waals surface area contributed by atoms with Gasteiger partial charge in [0.05, 0.1) is 0 Å². The summed E-state index contributed by atoms with van der Waals surface area (Å²) in [5.41, 5.74) is 5.74. The van der Waals surface area contributed by atoms with Crippen LogP contribution in [0.4, 0.5) is 0 Å². The molecule has 0 amide bonds. The Balaban J connectivity index is 1.54. The standard InChI is InChI=1S/C28H40/c1-4-6-7-8-23-9-13-25(14-10-23)27-17-19-28(20-18-27)26-15-11-24(12-16-26)21-22(3)5-2/h9-10,13-14,17-20,22,24,26H,4-8,11-12,15-16,21H2,1-3H3. The van der Waals surface area contributed by atoms with Gasteiger partial charge in [0.15, 0.2) is 0 Å². The van der Waals surface area contributed by atoms with Gasteiger partial charge < -0.3 is 0 Å². The second-order valence-corrected chi connectivity index (χ2v) is 9.24. The maximum Gasteiger partial charge on any atom is -0.0162 e. The highest BCUT2D eigenvalue weighted by molar-refractivity contribution is 5.64. The van der Waals surface area contributed by atoms with E-state index in [1.165, 1.54) is 80.9 Å². The van der Waals surface area contributed by atoms with E-state index >= 15 is 0 Å². The SMILES string of the molecule is CCCCCc1ccc(-c2ccc(C3CCC(CC(C)CC)CC3)cc2)cc1. The number of hydrogen-bond donors (Lipinski definition) is 0. The van der Waals surface area contributed by atoms with Crippen LogP contribution in [0.3, 0.4) is 0 Å². The molecule has 2 aromatic rings. The van der Waals surface area contributed by atoms with E-state index in [-0.39, 0.29) is 0 Å². The maximum atomic E-state index is 2.42. The molecule has 1 aliphatic rings. The molecule has 0 saturated heterocycles. The van der Waals surface area contributed by atoms with Crippen molar-refractivity contribution in [1.29, 1.82) is 0 Å². The molecule has 0 nitrogen and oxygen atoms in total. The molecular weight excluding hydrogens is 336 g/mol. The molecule has 2 aromatic carbocycles. The molecule has 0 heterocycles. The fourth-order valence-corrected chi connectivity index (χ4v) is 4.86. The van der Waals surface area contributed by atoms with E-state index in [0.29, 0.717) is 0 Å². The number of hydrogen-bond acceptors (Lipinski definition) is 0. The molecule has 0 spiro atoms.